The smallest absolute Gasteiger partial charge is 0.413 e. The van der Waals surface area contributed by atoms with Crippen LogP contribution in [-0.4, -0.2) is 31.3 Å². The molecule has 15 heavy (non-hydrogen) atoms. The van der Waals surface area contributed by atoms with Crippen molar-refractivity contribution in [3.05, 3.63) is 12.3 Å². The minimum Gasteiger partial charge on any atom is -0.465 e. The van der Waals surface area contributed by atoms with Crippen molar-refractivity contribution < 1.29 is 9.90 Å². The molecule has 1 heterocycles. The molecule has 1 N–H and O–H groups in total. The van der Waals surface area contributed by atoms with Crippen molar-refractivity contribution in [3.63, 3.8) is 0 Å². The largest absolute Gasteiger partial charge is 0.465 e. The maximum atomic E-state index is 10.9. The molecule has 5 nitrogen and oxygen atoms in total. The summed E-state index contributed by atoms with van der Waals surface area (Å²) in [6, 6.07) is 1.52. The number of anilines is 1. The quantitative estimate of drug-likeness (QED) is 0.840. The van der Waals surface area contributed by atoms with E-state index in [0.29, 0.717) is 5.82 Å². The second-order valence-corrected chi connectivity index (χ2v) is 5.31. The third kappa shape index (κ3) is 3.44. The summed E-state index contributed by atoms with van der Waals surface area (Å²) in [7, 11) is 1.60. The van der Waals surface area contributed by atoms with Gasteiger partial charge < -0.3 is 5.11 Å². The van der Waals surface area contributed by atoms with Crippen LogP contribution < -0.4 is 4.90 Å². The lowest BCUT2D eigenvalue weighted by Crippen LogP contribution is -2.37. The van der Waals surface area contributed by atoms with Gasteiger partial charge in [0.15, 0.2) is 0 Å². The van der Waals surface area contributed by atoms with Crippen molar-refractivity contribution in [1.29, 1.82) is 0 Å². The summed E-state index contributed by atoms with van der Waals surface area (Å²) < 4.78 is -0.285. The number of halogens is 3. The molecular formula is C7H8Cl3N3O2. The first kappa shape index (κ1) is 12.4. The number of amides is 1. The minimum absolute atomic E-state index is 0.257. The molecule has 0 saturated heterocycles. The van der Waals surface area contributed by atoms with Crippen molar-refractivity contribution in [2.75, 3.05) is 11.4 Å². The van der Waals surface area contributed by atoms with Gasteiger partial charge >= 0.3 is 6.09 Å². The fourth-order valence-corrected chi connectivity index (χ4v) is 1.42. The summed E-state index contributed by atoms with van der Waals surface area (Å²) in [6.45, 7) is -0.257. The van der Waals surface area contributed by atoms with Crippen LogP contribution in [0.2, 0.25) is 0 Å². The van der Waals surface area contributed by atoms with Gasteiger partial charge in [0.05, 0.1) is 12.7 Å². The molecule has 0 radical (unpaired) electrons. The van der Waals surface area contributed by atoms with E-state index >= 15 is 0 Å². The molecule has 0 atom stereocenters. The lowest BCUT2D eigenvalue weighted by molar-refractivity contribution is 0.201. The SMILES string of the molecule is Cn1nccc1N(CC(Cl)(Cl)Cl)C(=O)O. The molecular weight excluding hydrogens is 264 g/mol. The highest BCUT2D eigenvalue weighted by molar-refractivity contribution is 6.68. The van der Waals surface area contributed by atoms with Crippen molar-refractivity contribution >= 4 is 46.7 Å². The highest BCUT2D eigenvalue weighted by Gasteiger charge is 2.29. The molecule has 0 aliphatic heterocycles. The Morgan fingerprint density at radius 3 is 2.60 bits per heavy atom. The number of hydrogen-bond donors (Lipinski definition) is 1. The number of aromatic nitrogens is 2. The standard InChI is InChI=1S/C7H8Cl3N3O2/c1-12-5(2-3-11-12)13(6(14)15)4-7(8,9)10/h2-3H,4H2,1H3,(H,14,15). The van der Waals surface area contributed by atoms with Crippen LogP contribution >= 0.6 is 34.8 Å². The number of hydrogen-bond acceptors (Lipinski definition) is 2. The highest BCUT2D eigenvalue weighted by atomic mass is 35.6. The van der Waals surface area contributed by atoms with Gasteiger partial charge in [0, 0.05) is 13.1 Å². The van der Waals surface area contributed by atoms with E-state index in [1.54, 1.807) is 7.05 Å². The molecule has 1 aromatic heterocycles. The Kier molecular flexibility index (Phi) is 3.70. The van der Waals surface area contributed by atoms with E-state index in [1.807, 2.05) is 0 Å². The predicted molar refractivity (Wildman–Crippen MR) is 58.9 cm³/mol. The van der Waals surface area contributed by atoms with E-state index in [0.717, 1.165) is 4.90 Å². The van der Waals surface area contributed by atoms with Gasteiger partial charge in [-0.2, -0.15) is 5.10 Å². The first-order chi connectivity index (χ1) is 6.81. The van der Waals surface area contributed by atoms with E-state index in [2.05, 4.69) is 5.10 Å². The van der Waals surface area contributed by atoms with Crippen LogP contribution in [0.5, 0.6) is 0 Å². The lowest BCUT2D eigenvalue weighted by atomic mass is 10.5. The average molecular weight is 273 g/mol. The lowest BCUT2D eigenvalue weighted by Gasteiger charge is -2.22. The Hall–Kier alpha value is -0.650. The molecule has 0 bridgehead atoms. The minimum atomic E-state index is -1.66. The van der Waals surface area contributed by atoms with Crippen LogP contribution in [0.25, 0.3) is 0 Å². The van der Waals surface area contributed by atoms with Crippen LogP contribution in [0.1, 0.15) is 0 Å². The summed E-state index contributed by atoms with van der Waals surface area (Å²) in [5.41, 5.74) is 0. The molecule has 0 unspecified atom stereocenters. The second-order valence-electron chi connectivity index (χ2n) is 2.80. The first-order valence-corrected chi connectivity index (χ1v) is 5.00. The first-order valence-electron chi connectivity index (χ1n) is 3.86. The number of carboxylic acid groups (broad SMARTS) is 1. The predicted octanol–water partition coefficient (Wildman–Crippen LogP) is 2.27. The van der Waals surface area contributed by atoms with Crippen molar-refractivity contribution in [3.8, 4) is 0 Å². The molecule has 0 fully saturated rings. The van der Waals surface area contributed by atoms with Crippen molar-refractivity contribution in [1.82, 2.24) is 9.78 Å². The molecule has 0 saturated carbocycles. The fraction of sp³-hybridized carbons (Fsp3) is 0.429. The Balaban J connectivity index is 2.95. The Bertz CT molecular complexity index is 361. The molecule has 0 aliphatic carbocycles. The molecule has 0 aromatic carbocycles. The zero-order valence-electron chi connectivity index (χ0n) is 7.69. The maximum Gasteiger partial charge on any atom is 0.413 e. The average Bonchev–Trinajstić information content (AvgIpc) is 2.45. The molecule has 1 rings (SSSR count). The number of rotatable bonds is 2. The van der Waals surface area contributed by atoms with E-state index in [1.165, 1.54) is 16.9 Å². The molecule has 0 spiro atoms. The Morgan fingerprint density at radius 2 is 2.27 bits per heavy atom. The summed E-state index contributed by atoms with van der Waals surface area (Å²) >= 11 is 16.6. The van der Waals surface area contributed by atoms with Crippen molar-refractivity contribution in [2.45, 2.75) is 3.79 Å². The number of alkyl halides is 3. The van der Waals surface area contributed by atoms with Crippen molar-refractivity contribution in [2.24, 2.45) is 7.05 Å². The van der Waals surface area contributed by atoms with E-state index < -0.39 is 9.89 Å². The molecule has 0 aliphatic rings. The summed E-state index contributed by atoms with van der Waals surface area (Å²) in [5.74, 6) is 0.342. The topological polar surface area (TPSA) is 58.4 Å². The van der Waals surface area contributed by atoms with Gasteiger partial charge in [-0.3, -0.25) is 9.58 Å². The Morgan fingerprint density at radius 1 is 1.67 bits per heavy atom. The van der Waals surface area contributed by atoms with Gasteiger partial charge in [-0.25, -0.2) is 4.79 Å². The number of nitrogens with zero attached hydrogens (tertiary/aromatic N) is 3. The van der Waals surface area contributed by atoms with Gasteiger partial charge in [0.2, 0.25) is 3.79 Å². The molecule has 84 valence electrons. The normalized spacial score (nSPS) is 11.5. The summed E-state index contributed by atoms with van der Waals surface area (Å²) in [4.78, 5) is 11.9. The van der Waals surface area contributed by atoms with Crippen LogP contribution in [0.3, 0.4) is 0 Å². The number of aryl methyl sites for hydroxylation is 1. The summed E-state index contributed by atoms with van der Waals surface area (Å²) in [5, 5.41) is 12.8. The monoisotopic (exact) mass is 271 g/mol. The zero-order valence-corrected chi connectivity index (χ0v) is 9.96. The zero-order chi connectivity index (χ0) is 11.6. The van der Waals surface area contributed by atoms with E-state index in [9.17, 15) is 4.79 Å². The van der Waals surface area contributed by atoms with Crippen LogP contribution in [0, 0.1) is 0 Å². The van der Waals surface area contributed by atoms with Crippen LogP contribution in [0.15, 0.2) is 12.3 Å². The van der Waals surface area contributed by atoms with Crippen LogP contribution in [-0.2, 0) is 7.05 Å². The third-order valence-corrected chi connectivity index (χ3v) is 2.00. The van der Waals surface area contributed by atoms with Gasteiger partial charge in [-0.15, -0.1) is 0 Å². The fourth-order valence-electron chi connectivity index (χ4n) is 1.06. The molecule has 8 heteroatoms. The highest BCUT2D eigenvalue weighted by Crippen LogP contribution is 2.29. The third-order valence-electron chi connectivity index (χ3n) is 1.64. The van der Waals surface area contributed by atoms with Gasteiger partial charge in [0.25, 0.3) is 0 Å². The second kappa shape index (κ2) is 4.47. The summed E-state index contributed by atoms with van der Waals surface area (Å²) in [6.07, 6.45) is 0.258. The molecule has 1 amide bonds. The van der Waals surface area contributed by atoms with Gasteiger partial charge in [-0.05, 0) is 0 Å². The maximum absolute atomic E-state index is 10.9. The molecule has 1 aromatic rings. The van der Waals surface area contributed by atoms with E-state index in [4.69, 9.17) is 39.9 Å². The van der Waals surface area contributed by atoms with E-state index in [-0.39, 0.29) is 6.54 Å². The van der Waals surface area contributed by atoms with Gasteiger partial charge in [-0.1, -0.05) is 34.8 Å². The van der Waals surface area contributed by atoms with Gasteiger partial charge in [0.1, 0.15) is 5.82 Å². The Labute approximate surface area is 101 Å². The van der Waals surface area contributed by atoms with Crippen LogP contribution in [0.4, 0.5) is 10.6 Å². The number of carbonyl (C=O) groups is 1.